The summed E-state index contributed by atoms with van der Waals surface area (Å²) in [5.74, 6) is -0.469. The molecule has 0 amide bonds. The standard InChI is InChI=1S/C17H24O5/c1-8-11-5-6-17(4)13(19)7-12(21-10(3)18)9(2)14(17)15(11)22-16(8)20/h8,11-13,15,19H,5-7H2,1-4H3/t8-,11+,12-,13+,15-,17-/m0/s1. The predicted molar refractivity (Wildman–Crippen MR) is 78.8 cm³/mol. The lowest BCUT2D eigenvalue weighted by Crippen LogP contribution is -2.50. The Kier molecular flexibility index (Phi) is 3.59. The Morgan fingerprint density at radius 1 is 1.45 bits per heavy atom. The van der Waals surface area contributed by atoms with Gasteiger partial charge in [-0.25, -0.2) is 0 Å². The first-order valence-electron chi connectivity index (χ1n) is 8.02. The second kappa shape index (κ2) is 5.08. The molecule has 1 saturated carbocycles. The highest BCUT2D eigenvalue weighted by atomic mass is 16.6. The molecule has 0 radical (unpaired) electrons. The summed E-state index contributed by atoms with van der Waals surface area (Å²) in [4.78, 5) is 23.3. The van der Waals surface area contributed by atoms with Crippen molar-refractivity contribution in [1.82, 2.24) is 0 Å². The van der Waals surface area contributed by atoms with Crippen LogP contribution in [-0.2, 0) is 19.1 Å². The van der Waals surface area contributed by atoms with Gasteiger partial charge in [-0.2, -0.15) is 0 Å². The molecular weight excluding hydrogens is 284 g/mol. The topological polar surface area (TPSA) is 72.8 Å². The third kappa shape index (κ3) is 2.09. The van der Waals surface area contributed by atoms with Crippen molar-refractivity contribution in [2.45, 2.75) is 65.3 Å². The highest BCUT2D eigenvalue weighted by molar-refractivity contribution is 5.76. The summed E-state index contributed by atoms with van der Waals surface area (Å²) in [5.41, 5.74) is 1.53. The molecule has 122 valence electrons. The van der Waals surface area contributed by atoms with Gasteiger partial charge >= 0.3 is 11.9 Å². The zero-order chi connectivity index (χ0) is 16.2. The number of aliphatic hydroxyl groups excluding tert-OH is 1. The SMILES string of the molecule is CC(=O)O[C@H]1C[C@@H](O)[C@]2(C)CC[C@@H]3[C@H](C)C(=O)O[C@@H]3C2=C1C. The maximum Gasteiger partial charge on any atom is 0.309 e. The number of esters is 2. The number of fused-ring (bicyclic) bond motifs is 3. The normalized spacial score (nSPS) is 44.2. The summed E-state index contributed by atoms with van der Waals surface area (Å²) < 4.78 is 11.0. The maximum atomic E-state index is 12.0. The zero-order valence-corrected chi connectivity index (χ0v) is 13.6. The molecule has 6 atom stereocenters. The fourth-order valence-electron chi connectivity index (χ4n) is 4.53. The third-order valence-electron chi connectivity index (χ3n) is 5.93. The summed E-state index contributed by atoms with van der Waals surface area (Å²) in [5, 5.41) is 10.7. The van der Waals surface area contributed by atoms with Gasteiger partial charge < -0.3 is 14.6 Å². The van der Waals surface area contributed by atoms with Crippen molar-refractivity contribution in [3.63, 3.8) is 0 Å². The minimum atomic E-state index is -0.592. The molecule has 0 bridgehead atoms. The van der Waals surface area contributed by atoms with Crippen molar-refractivity contribution in [1.29, 1.82) is 0 Å². The van der Waals surface area contributed by atoms with E-state index in [0.717, 1.165) is 24.0 Å². The van der Waals surface area contributed by atoms with Crippen molar-refractivity contribution in [3.05, 3.63) is 11.1 Å². The third-order valence-corrected chi connectivity index (χ3v) is 5.93. The quantitative estimate of drug-likeness (QED) is 0.592. The summed E-state index contributed by atoms with van der Waals surface area (Å²) in [7, 11) is 0. The number of rotatable bonds is 1. The molecule has 3 aliphatic rings. The van der Waals surface area contributed by atoms with Gasteiger partial charge in [0, 0.05) is 24.7 Å². The monoisotopic (exact) mass is 308 g/mol. The van der Waals surface area contributed by atoms with Crippen molar-refractivity contribution < 1.29 is 24.2 Å². The van der Waals surface area contributed by atoms with E-state index in [-0.39, 0.29) is 29.9 Å². The van der Waals surface area contributed by atoms with Crippen molar-refractivity contribution in [2.75, 3.05) is 0 Å². The molecule has 1 heterocycles. The average molecular weight is 308 g/mol. The average Bonchev–Trinajstić information content (AvgIpc) is 2.71. The van der Waals surface area contributed by atoms with E-state index in [1.54, 1.807) is 0 Å². The van der Waals surface area contributed by atoms with Crippen molar-refractivity contribution >= 4 is 11.9 Å². The fraction of sp³-hybridized carbons (Fsp3) is 0.765. The number of carbonyl (C=O) groups excluding carboxylic acids is 2. The van der Waals surface area contributed by atoms with Crippen LogP contribution in [0.2, 0.25) is 0 Å². The van der Waals surface area contributed by atoms with Gasteiger partial charge in [0.15, 0.2) is 0 Å². The molecule has 5 nitrogen and oxygen atoms in total. The van der Waals surface area contributed by atoms with E-state index < -0.39 is 17.6 Å². The van der Waals surface area contributed by atoms with Crippen LogP contribution in [0.15, 0.2) is 11.1 Å². The van der Waals surface area contributed by atoms with Crippen LogP contribution < -0.4 is 0 Å². The molecule has 22 heavy (non-hydrogen) atoms. The molecule has 1 aliphatic heterocycles. The van der Waals surface area contributed by atoms with E-state index >= 15 is 0 Å². The van der Waals surface area contributed by atoms with Crippen molar-refractivity contribution in [2.24, 2.45) is 17.3 Å². The molecule has 0 spiro atoms. The van der Waals surface area contributed by atoms with Crippen LogP contribution in [0.4, 0.5) is 0 Å². The van der Waals surface area contributed by atoms with E-state index in [4.69, 9.17) is 9.47 Å². The van der Waals surface area contributed by atoms with E-state index in [9.17, 15) is 14.7 Å². The molecule has 5 heteroatoms. The molecule has 2 aliphatic carbocycles. The number of carbonyl (C=O) groups is 2. The Morgan fingerprint density at radius 2 is 2.14 bits per heavy atom. The molecule has 0 aromatic rings. The van der Waals surface area contributed by atoms with Gasteiger partial charge in [-0.3, -0.25) is 9.59 Å². The molecule has 0 unspecified atom stereocenters. The Labute approximate surface area is 130 Å². The van der Waals surface area contributed by atoms with Gasteiger partial charge in [0.05, 0.1) is 12.0 Å². The summed E-state index contributed by atoms with van der Waals surface area (Å²) >= 11 is 0. The second-order valence-corrected chi connectivity index (χ2v) is 7.21. The van der Waals surface area contributed by atoms with Crippen LogP contribution >= 0.6 is 0 Å². The lowest BCUT2D eigenvalue weighted by atomic mass is 9.58. The van der Waals surface area contributed by atoms with Gasteiger partial charge in [-0.1, -0.05) is 13.8 Å². The van der Waals surface area contributed by atoms with Crippen LogP contribution in [-0.4, -0.2) is 35.4 Å². The highest BCUT2D eigenvalue weighted by Gasteiger charge is 2.57. The summed E-state index contributed by atoms with van der Waals surface area (Å²) in [6.07, 6.45) is 0.812. The molecular formula is C17H24O5. The predicted octanol–water partition coefficient (Wildman–Crippen LogP) is 1.98. The minimum Gasteiger partial charge on any atom is -0.458 e. The van der Waals surface area contributed by atoms with Gasteiger partial charge in [0.1, 0.15) is 12.2 Å². The molecule has 2 fully saturated rings. The van der Waals surface area contributed by atoms with Crippen LogP contribution in [0, 0.1) is 17.3 Å². The number of aliphatic hydroxyl groups is 1. The largest absolute Gasteiger partial charge is 0.458 e. The first-order chi connectivity index (χ1) is 10.3. The van der Waals surface area contributed by atoms with Gasteiger partial charge in [0.25, 0.3) is 0 Å². The molecule has 1 N–H and O–H groups in total. The van der Waals surface area contributed by atoms with Crippen LogP contribution in [0.5, 0.6) is 0 Å². The van der Waals surface area contributed by atoms with Gasteiger partial charge in [0.2, 0.25) is 0 Å². The Balaban J connectivity index is 2.05. The van der Waals surface area contributed by atoms with Crippen LogP contribution in [0.25, 0.3) is 0 Å². The maximum absolute atomic E-state index is 12.0. The van der Waals surface area contributed by atoms with Crippen LogP contribution in [0.3, 0.4) is 0 Å². The summed E-state index contributed by atoms with van der Waals surface area (Å²) in [6.45, 7) is 7.26. The highest BCUT2D eigenvalue weighted by Crippen LogP contribution is 2.55. The number of ether oxygens (including phenoxy) is 2. The Hall–Kier alpha value is -1.36. The van der Waals surface area contributed by atoms with E-state index in [2.05, 4.69) is 0 Å². The van der Waals surface area contributed by atoms with Gasteiger partial charge in [-0.05, 0) is 30.9 Å². The molecule has 0 aromatic heterocycles. The summed E-state index contributed by atoms with van der Waals surface area (Å²) in [6, 6.07) is 0. The first kappa shape index (κ1) is 15.5. The second-order valence-electron chi connectivity index (χ2n) is 7.21. The minimum absolute atomic E-state index is 0.110. The number of hydrogen-bond donors (Lipinski definition) is 1. The first-order valence-corrected chi connectivity index (χ1v) is 8.02. The van der Waals surface area contributed by atoms with E-state index in [1.165, 1.54) is 6.92 Å². The van der Waals surface area contributed by atoms with Crippen LogP contribution in [0.1, 0.15) is 47.0 Å². The molecule has 0 aromatic carbocycles. The molecule has 1 saturated heterocycles. The lowest BCUT2D eigenvalue weighted by molar-refractivity contribution is -0.150. The smallest absolute Gasteiger partial charge is 0.309 e. The molecule has 3 rings (SSSR count). The number of hydrogen-bond acceptors (Lipinski definition) is 5. The van der Waals surface area contributed by atoms with Crippen molar-refractivity contribution in [3.8, 4) is 0 Å². The van der Waals surface area contributed by atoms with E-state index in [0.29, 0.717) is 6.42 Å². The van der Waals surface area contributed by atoms with E-state index in [1.807, 2.05) is 20.8 Å². The zero-order valence-electron chi connectivity index (χ0n) is 13.6. The lowest BCUT2D eigenvalue weighted by Gasteiger charge is -2.50. The Morgan fingerprint density at radius 3 is 2.77 bits per heavy atom. The van der Waals surface area contributed by atoms with Gasteiger partial charge in [-0.15, -0.1) is 0 Å². The Bertz CT molecular complexity index is 551. The fourth-order valence-corrected chi connectivity index (χ4v) is 4.53.